The smallest absolute Gasteiger partial charge is 0.297 e. The van der Waals surface area contributed by atoms with Crippen LogP contribution in [-0.4, -0.2) is 22.7 Å². The van der Waals surface area contributed by atoms with Crippen LogP contribution in [0.2, 0.25) is 0 Å². The minimum absolute atomic E-state index is 0.0642. The molecule has 3 heterocycles. The molecule has 0 bridgehead atoms. The first kappa shape index (κ1) is 22.2. The van der Waals surface area contributed by atoms with Gasteiger partial charge in [-0.2, -0.15) is 0 Å². The average molecular weight is 480 g/mol. The maximum atomic E-state index is 13.9. The molecule has 2 aromatic carbocycles. The Labute approximate surface area is 198 Å². The SMILES string of the molecule is CCCCOc1ccc(C2c3c(oc4ccc(F)cc4c3=O)C(=O)N2c2nnc(CC)s2)cc1. The summed E-state index contributed by atoms with van der Waals surface area (Å²) in [5.41, 5.74) is 0.563. The van der Waals surface area contributed by atoms with Crippen LogP contribution in [0.25, 0.3) is 11.0 Å². The average Bonchev–Trinajstić information content (AvgIpc) is 3.43. The Kier molecular flexibility index (Phi) is 5.87. The molecule has 0 N–H and O–H groups in total. The van der Waals surface area contributed by atoms with Gasteiger partial charge in [-0.3, -0.25) is 14.5 Å². The van der Waals surface area contributed by atoms with Crippen molar-refractivity contribution in [2.24, 2.45) is 0 Å². The van der Waals surface area contributed by atoms with Crippen molar-refractivity contribution in [3.05, 3.63) is 80.4 Å². The summed E-state index contributed by atoms with van der Waals surface area (Å²) in [6.45, 7) is 4.65. The first-order chi connectivity index (χ1) is 16.5. The molecule has 1 atom stereocenters. The molecule has 1 unspecified atom stereocenters. The van der Waals surface area contributed by atoms with Gasteiger partial charge in [-0.05, 0) is 48.7 Å². The minimum atomic E-state index is -0.784. The summed E-state index contributed by atoms with van der Waals surface area (Å²) in [5, 5.41) is 9.58. The number of anilines is 1. The van der Waals surface area contributed by atoms with Crippen molar-refractivity contribution in [2.45, 2.75) is 39.2 Å². The van der Waals surface area contributed by atoms with Crippen molar-refractivity contribution in [1.82, 2.24) is 10.2 Å². The van der Waals surface area contributed by atoms with Gasteiger partial charge in [0.1, 0.15) is 22.2 Å². The van der Waals surface area contributed by atoms with Crippen LogP contribution < -0.4 is 15.1 Å². The van der Waals surface area contributed by atoms with E-state index in [4.69, 9.17) is 9.15 Å². The number of benzene rings is 2. The zero-order valence-electron chi connectivity index (χ0n) is 18.7. The molecule has 1 aliphatic heterocycles. The van der Waals surface area contributed by atoms with E-state index in [1.54, 1.807) is 0 Å². The van der Waals surface area contributed by atoms with Crippen LogP contribution in [0.4, 0.5) is 9.52 Å². The summed E-state index contributed by atoms with van der Waals surface area (Å²) in [6, 6.07) is 10.2. The molecule has 0 spiro atoms. The number of aromatic nitrogens is 2. The predicted molar refractivity (Wildman–Crippen MR) is 127 cm³/mol. The maximum Gasteiger partial charge on any atom is 0.297 e. The Morgan fingerprint density at radius 1 is 1.12 bits per heavy atom. The number of halogens is 1. The lowest BCUT2D eigenvalue weighted by atomic mass is 9.98. The second kappa shape index (κ2) is 8.98. The zero-order chi connectivity index (χ0) is 23.8. The number of hydrogen-bond donors (Lipinski definition) is 0. The number of aryl methyl sites for hydroxylation is 1. The van der Waals surface area contributed by atoms with Crippen molar-refractivity contribution in [2.75, 3.05) is 11.5 Å². The highest BCUT2D eigenvalue weighted by atomic mass is 32.1. The van der Waals surface area contributed by atoms with E-state index < -0.39 is 23.2 Å². The van der Waals surface area contributed by atoms with Gasteiger partial charge in [0.15, 0.2) is 5.43 Å². The van der Waals surface area contributed by atoms with E-state index in [9.17, 15) is 14.0 Å². The van der Waals surface area contributed by atoms with Gasteiger partial charge in [-0.25, -0.2) is 4.39 Å². The monoisotopic (exact) mass is 479 g/mol. The van der Waals surface area contributed by atoms with E-state index in [0.29, 0.717) is 29.5 Å². The Bertz CT molecular complexity index is 1430. The molecule has 0 saturated heterocycles. The number of amides is 1. The number of rotatable bonds is 7. The van der Waals surface area contributed by atoms with Gasteiger partial charge in [-0.15, -0.1) is 10.2 Å². The fraction of sp³-hybridized carbons (Fsp3) is 0.280. The maximum absolute atomic E-state index is 13.9. The number of unbranched alkanes of at least 4 members (excludes halogenated alkanes) is 1. The summed E-state index contributed by atoms with van der Waals surface area (Å²) < 4.78 is 25.5. The lowest BCUT2D eigenvalue weighted by Crippen LogP contribution is -2.29. The van der Waals surface area contributed by atoms with Gasteiger partial charge in [-0.1, -0.05) is 43.7 Å². The second-order valence-electron chi connectivity index (χ2n) is 8.00. The summed E-state index contributed by atoms with van der Waals surface area (Å²) >= 11 is 1.29. The third-order valence-electron chi connectivity index (χ3n) is 5.76. The number of carbonyl (C=O) groups excluding carboxylic acids is 1. The minimum Gasteiger partial charge on any atom is -0.494 e. The fourth-order valence-corrected chi connectivity index (χ4v) is 4.83. The number of nitrogens with zero attached hydrogens (tertiary/aromatic N) is 3. The topological polar surface area (TPSA) is 85.5 Å². The molecule has 1 amide bonds. The molecule has 7 nitrogen and oxygen atoms in total. The molecule has 5 rings (SSSR count). The van der Waals surface area contributed by atoms with Crippen LogP contribution >= 0.6 is 11.3 Å². The standard InChI is InChI=1S/C25H22FN3O4S/c1-3-5-12-32-16-9-6-14(7-10-16)21-20-22(30)17-13-15(26)8-11-18(17)33-23(20)24(31)29(21)25-28-27-19(4-2)34-25/h6-11,13,21H,3-5,12H2,1-2H3. The third-order valence-corrected chi connectivity index (χ3v) is 6.83. The number of carbonyl (C=O) groups is 1. The summed E-state index contributed by atoms with van der Waals surface area (Å²) in [5.74, 6) is -0.399. The highest BCUT2D eigenvalue weighted by Gasteiger charge is 2.45. The van der Waals surface area contributed by atoms with Crippen molar-refractivity contribution in [3.8, 4) is 5.75 Å². The first-order valence-electron chi connectivity index (χ1n) is 11.2. The highest BCUT2D eigenvalue weighted by Crippen LogP contribution is 2.42. The van der Waals surface area contributed by atoms with Crippen molar-refractivity contribution in [3.63, 3.8) is 0 Å². The van der Waals surface area contributed by atoms with Gasteiger partial charge in [0.05, 0.1) is 23.6 Å². The van der Waals surface area contributed by atoms with Crippen LogP contribution in [0.5, 0.6) is 5.75 Å². The van der Waals surface area contributed by atoms with E-state index in [0.717, 1.165) is 23.9 Å². The molecule has 0 fully saturated rings. The van der Waals surface area contributed by atoms with Crippen molar-refractivity contribution in [1.29, 1.82) is 0 Å². The summed E-state index contributed by atoms with van der Waals surface area (Å²) in [4.78, 5) is 28.5. The normalized spacial score (nSPS) is 15.2. The van der Waals surface area contributed by atoms with Crippen molar-refractivity contribution >= 4 is 33.3 Å². The highest BCUT2D eigenvalue weighted by molar-refractivity contribution is 7.15. The third kappa shape index (κ3) is 3.75. The Hall–Kier alpha value is -3.59. The predicted octanol–water partition coefficient (Wildman–Crippen LogP) is 5.27. The van der Waals surface area contributed by atoms with Gasteiger partial charge in [0.2, 0.25) is 10.9 Å². The Morgan fingerprint density at radius 2 is 1.91 bits per heavy atom. The number of fused-ring (bicyclic) bond motifs is 2. The molecular formula is C25H22FN3O4S. The molecule has 174 valence electrons. The van der Waals surface area contributed by atoms with Gasteiger partial charge < -0.3 is 9.15 Å². The summed E-state index contributed by atoms with van der Waals surface area (Å²) in [7, 11) is 0. The largest absolute Gasteiger partial charge is 0.494 e. The van der Waals surface area contributed by atoms with E-state index in [1.807, 2.05) is 31.2 Å². The molecule has 0 saturated carbocycles. The number of ether oxygens (including phenoxy) is 1. The first-order valence-corrected chi connectivity index (χ1v) is 12.0. The van der Waals surface area contributed by atoms with E-state index in [2.05, 4.69) is 17.1 Å². The van der Waals surface area contributed by atoms with Crippen LogP contribution in [-0.2, 0) is 6.42 Å². The zero-order valence-corrected chi connectivity index (χ0v) is 19.5. The molecule has 1 aliphatic rings. The molecule has 34 heavy (non-hydrogen) atoms. The van der Waals surface area contributed by atoms with Crippen LogP contribution in [0, 0.1) is 5.82 Å². The summed E-state index contributed by atoms with van der Waals surface area (Å²) in [6.07, 6.45) is 2.64. The molecule has 4 aromatic rings. The van der Waals surface area contributed by atoms with Crippen LogP contribution in [0.15, 0.2) is 51.7 Å². The second-order valence-corrected chi connectivity index (χ2v) is 9.04. The molecule has 0 radical (unpaired) electrons. The van der Waals surface area contributed by atoms with E-state index >= 15 is 0 Å². The van der Waals surface area contributed by atoms with Gasteiger partial charge in [0.25, 0.3) is 5.91 Å². The molecular weight excluding hydrogens is 457 g/mol. The van der Waals surface area contributed by atoms with E-state index in [-0.39, 0.29) is 22.3 Å². The van der Waals surface area contributed by atoms with Crippen LogP contribution in [0.3, 0.4) is 0 Å². The molecule has 0 aliphatic carbocycles. The quantitative estimate of drug-likeness (QED) is 0.336. The molecule has 2 aromatic heterocycles. The Balaban J connectivity index is 1.66. The Morgan fingerprint density at radius 3 is 2.62 bits per heavy atom. The van der Waals surface area contributed by atoms with Gasteiger partial charge >= 0.3 is 0 Å². The number of hydrogen-bond acceptors (Lipinski definition) is 7. The fourth-order valence-electron chi connectivity index (χ4n) is 4.02. The van der Waals surface area contributed by atoms with Crippen LogP contribution in [0.1, 0.15) is 59.4 Å². The van der Waals surface area contributed by atoms with E-state index in [1.165, 1.54) is 28.4 Å². The van der Waals surface area contributed by atoms with Gasteiger partial charge in [0, 0.05) is 0 Å². The van der Waals surface area contributed by atoms with Crippen molar-refractivity contribution < 1.29 is 18.3 Å². The lowest BCUT2D eigenvalue weighted by molar-refractivity contribution is 0.0970. The molecule has 9 heteroatoms. The lowest BCUT2D eigenvalue weighted by Gasteiger charge is -2.22.